The molecule has 0 aliphatic heterocycles. The zero-order valence-corrected chi connectivity index (χ0v) is 10.0. The first-order valence-corrected chi connectivity index (χ1v) is 5.29. The smallest absolute Gasteiger partial charge is 0.330 e. The molecule has 0 fully saturated rings. The molecule has 0 bridgehead atoms. The average Bonchev–Trinajstić information content (AvgIpc) is 2.38. The van der Waals surface area contributed by atoms with E-state index in [1.807, 2.05) is 6.07 Å². The number of nitrogens with zero attached hydrogens (tertiary/aromatic N) is 2. The molecular formula is C12H12N2O4. The third kappa shape index (κ3) is 2.46. The van der Waals surface area contributed by atoms with E-state index in [2.05, 4.69) is 0 Å². The number of hydrogen-bond donors (Lipinski definition) is 0. The number of carbonyl (C=O) groups is 1. The Kier molecular flexibility index (Phi) is 4.00. The zero-order chi connectivity index (χ0) is 13.8. The summed E-state index contributed by atoms with van der Waals surface area (Å²) in [5, 5.41) is 19.6. The maximum atomic E-state index is 11.7. The molecule has 0 spiro atoms. The van der Waals surface area contributed by atoms with Crippen molar-refractivity contribution in [3.05, 3.63) is 39.9 Å². The first-order valence-electron chi connectivity index (χ1n) is 5.29. The van der Waals surface area contributed by atoms with E-state index in [1.165, 1.54) is 31.2 Å². The lowest BCUT2D eigenvalue weighted by molar-refractivity contribution is -0.384. The summed E-state index contributed by atoms with van der Waals surface area (Å²) in [5.74, 6) is -0.665. The lowest BCUT2D eigenvalue weighted by Crippen LogP contribution is -2.32. The van der Waals surface area contributed by atoms with Gasteiger partial charge in [0.25, 0.3) is 5.69 Å². The minimum Gasteiger partial charge on any atom is -0.465 e. The Morgan fingerprint density at radius 1 is 1.50 bits per heavy atom. The highest BCUT2D eigenvalue weighted by molar-refractivity contribution is 5.86. The van der Waals surface area contributed by atoms with Gasteiger partial charge in [-0.1, -0.05) is 12.1 Å². The van der Waals surface area contributed by atoms with Gasteiger partial charge in [0.2, 0.25) is 0 Å². The van der Waals surface area contributed by atoms with E-state index in [4.69, 9.17) is 10.00 Å². The molecule has 0 radical (unpaired) electrons. The second kappa shape index (κ2) is 5.27. The van der Waals surface area contributed by atoms with Crippen molar-refractivity contribution in [1.82, 2.24) is 0 Å². The summed E-state index contributed by atoms with van der Waals surface area (Å²) in [6, 6.07) is 7.17. The fourth-order valence-electron chi connectivity index (χ4n) is 1.42. The van der Waals surface area contributed by atoms with Gasteiger partial charge >= 0.3 is 5.97 Å². The van der Waals surface area contributed by atoms with Crippen molar-refractivity contribution < 1.29 is 14.5 Å². The molecule has 1 aromatic carbocycles. The van der Waals surface area contributed by atoms with Crippen LogP contribution in [0.2, 0.25) is 0 Å². The van der Waals surface area contributed by atoms with Gasteiger partial charge in [0, 0.05) is 12.1 Å². The van der Waals surface area contributed by atoms with E-state index in [9.17, 15) is 14.9 Å². The number of rotatable bonds is 4. The summed E-state index contributed by atoms with van der Waals surface area (Å²) in [4.78, 5) is 21.7. The van der Waals surface area contributed by atoms with E-state index in [0.717, 1.165) is 0 Å². The van der Waals surface area contributed by atoms with Crippen LogP contribution in [-0.4, -0.2) is 17.5 Å². The molecular weight excluding hydrogens is 236 g/mol. The number of esters is 1. The predicted molar refractivity (Wildman–Crippen MR) is 62.7 cm³/mol. The number of non-ortho nitro benzene ring substituents is 1. The first-order chi connectivity index (χ1) is 8.45. The summed E-state index contributed by atoms with van der Waals surface area (Å²) < 4.78 is 4.83. The largest absolute Gasteiger partial charge is 0.465 e. The van der Waals surface area contributed by atoms with Crippen LogP contribution < -0.4 is 0 Å². The van der Waals surface area contributed by atoms with Crippen molar-refractivity contribution in [1.29, 1.82) is 5.26 Å². The van der Waals surface area contributed by atoms with Crippen LogP contribution in [0.4, 0.5) is 5.69 Å². The molecule has 1 rings (SSSR count). The first kappa shape index (κ1) is 13.6. The van der Waals surface area contributed by atoms with Crippen molar-refractivity contribution in [2.24, 2.45) is 0 Å². The minimum absolute atomic E-state index is 0.0945. The third-order valence-electron chi connectivity index (χ3n) is 2.56. The van der Waals surface area contributed by atoms with Gasteiger partial charge in [-0.25, -0.2) is 4.79 Å². The number of ether oxygens (including phenoxy) is 1. The topological polar surface area (TPSA) is 93.2 Å². The van der Waals surface area contributed by atoms with Gasteiger partial charge in [-0.2, -0.15) is 5.26 Å². The van der Waals surface area contributed by atoms with Crippen LogP contribution >= 0.6 is 0 Å². The van der Waals surface area contributed by atoms with Crippen LogP contribution in [0.15, 0.2) is 24.3 Å². The lowest BCUT2D eigenvalue weighted by atomic mass is 9.84. The molecule has 0 aromatic heterocycles. The van der Waals surface area contributed by atoms with Crippen LogP contribution in [0.3, 0.4) is 0 Å². The van der Waals surface area contributed by atoms with E-state index >= 15 is 0 Å². The van der Waals surface area contributed by atoms with E-state index in [-0.39, 0.29) is 12.3 Å². The van der Waals surface area contributed by atoms with Crippen LogP contribution in [0, 0.1) is 21.4 Å². The highest BCUT2D eigenvalue weighted by Gasteiger charge is 2.37. The van der Waals surface area contributed by atoms with E-state index in [0.29, 0.717) is 5.56 Å². The Bertz CT molecular complexity index is 504. The van der Waals surface area contributed by atoms with Gasteiger partial charge in [-0.3, -0.25) is 10.1 Å². The summed E-state index contributed by atoms with van der Waals surface area (Å²) in [6.45, 7) is 3.24. The Morgan fingerprint density at radius 2 is 2.06 bits per heavy atom. The van der Waals surface area contributed by atoms with Crippen LogP contribution in [-0.2, 0) is 14.9 Å². The van der Waals surface area contributed by atoms with E-state index in [1.54, 1.807) is 6.92 Å². The van der Waals surface area contributed by atoms with Crippen molar-refractivity contribution >= 4 is 11.7 Å². The quantitative estimate of drug-likeness (QED) is 0.461. The van der Waals surface area contributed by atoms with Crippen LogP contribution in [0.5, 0.6) is 0 Å². The Labute approximate surface area is 104 Å². The molecule has 0 N–H and O–H groups in total. The monoisotopic (exact) mass is 248 g/mol. The third-order valence-corrected chi connectivity index (χ3v) is 2.56. The molecule has 1 aromatic rings. The average molecular weight is 248 g/mol. The van der Waals surface area contributed by atoms with Gasteiger partial charge in [0.1, 0.15) is 0 Å². The molecule has 1 unspecified atom stereocenters. The number of nitriles is 1. The summed E-state index contributed by atoms with van der Waals surface area (Å²) in [7, 11) is 0. The van der Waals surface area contributed by atoms with Gasteiger partial charge in [-0.05, 0) is 19.4 Å². The second-order valence-electron chi connectivity index (χ2n) is 3.76. The fourth-order valence-corrected chi connectivity index (χ4v) is 1.42. The lowest BCUT2D eigenvalue weighted by Gasteiger charge is -2.19. The highest BCUT2D eigenvalue weighted by atomic mass is 16.6. The van der Waals surface area contributed by atoms with Gasteiger partial charge in [0.15, 0.2) is 5.41 Å². The molecule has 0 heterocycles. The predicted octanol–water partition coefficient (Wildman–Crippen LogP) is 1.94. The number of nitro benzene ring substituents is 1. The Morgan fingerprint density at radius 3 is 2.44 bits per heavy atom. The number of carbonyl (C=O) groups excluding carboxylic acids is 1. The molecule has 0 aliphatic rings. The van der Waals surface area contributed by atoms with Crippen molar-refractivity contribution in [2.45, 2.75) is 19.3 Å². The minimum atomic E-state index is -1.45. The number of hydrogen-bond acceptors (Lipinski definition) is 5. The van der Waals surface area contributed by atoms with Gasteiger partial charge < -0.3 is 4.74 Å². The molecule has 94 valence electrons. The van der Waals surface area contributed by atoms with Crippen molar-refractivity contribution in [2.75, 3.05) is 6.61 Å². The summed E-state index contributed by atoms with van der Waals surface area (Å²) in [6.07, 6.45) is 0. The molecule has 0 aliphatic carbocycles. The Balaban J connectivity index is 3.13. The molecule has 0 saturated heterocycles. The zero-order valence-electron chi connectivity index (χ0n) is 10.0. The normalized spacial score (nSPS) is 13.2. The Hall–Kier alpha value is -2.42. The highest BCUT2D eigenvalue weighted by Crippen LogP contribution is 2.26. The number of benzene rings is 1. The fraction of sp³-hybridized carbons (Fsp3) is 0.333. The molecule has 1 atom stereocenters. The van der Waals surface area contributed by atoms with Gasteiger partial charge in [-0.15, -0.1) is 0 Å². The molecule has 0 amide bonds. The molecule has 6 nitrogen and oxygen atoms in total. The van der Waals surface area contributed by atoms with Crippen LogP contribution in [0.1, 0.15) is 19.4 Å². The molecule has 18 heavy (non-hydrogen) atoms. The van der Waals surface area contributed by atoms with Crippen molar-refractivity contribution in [3.8, 4) is 6.07 Å². The maximum absolute atomic E-state index is 11.7. The van der Waals surface area contributed by atoms with E-state index < -0.39 is 16.3 Å². The molecule has 0 saturated carbocycles. The van der Waals surface area contributed by atoms with Crippen molar-refractivity contribution in [3.63, 3.8) is 0 Å². The summed E-state index contributed by atoms with van der Waals surface area (Å²) >= 11 is 0. The van der Waals surface area contributed by atoms with Gasteiger partial charge in [0.05, 0.1) is 17.6 Å². The second-order valence-corrected chi connectivity index (χ2v) is 3.76. The standard InChI is InChI=1S/C12H12N2O4/c1-3-18-11(15)12(2,8-13)9-4-6-10(7-5-9)14(16)17/h4-7H,3H2,1-2H3. The maximum Gasteiger partial charge on any atom is 0.330 e. The summed E-state index contributed by atoms with van der Waals surface area (Å²) in [5.41, 5.74) is -1.18. The number of nitro groups is 1. The molecule has 6 heteroatoms. The SMILES string of the molecule is CCOC(=O)C(C)(C#N)c1ccc([N+](=O)[O-])cc1. The van der Waals surface area contributed by atoms with Crippen LogP contribution in [0.25, 0.3) is 0 Å².